The number of carbonyl (C=O) groups excluding carboxylic acids is 1. The first-order valence-corrected chi connectivity index (χ1v) is 14.2. The number of ether oxygens (including phenoxy) is 1. The van der Waals surface area contributed by atoms with Gasteiger partial charge in [-0.05, 0) is 42.7 Å². The van der Waals surface area contributed by atoms with Crippen LogP contribution in [0.3, 0.4) is 0 Å². The summed E-state index contributed by atoms with van der Waals surface area (Å²) in [6, 6.07) is 14.7. The lowest BCUT2D eigenvalue weighted by Gasteiger charge is -2.31. The van der Waals surface area contributed by atoms with Crippen molar-refractivity contribution >= 4 is 26.0 Å². The number of benzene rings is 2. The summed E-state index contributed by atoms with van der Waals surface area (Å²) in [5.74, 6) is -0.647. The zero-order valence-electron chi connectivity index (χ0n) is 18.8. The maximum absolute atomic E-state index is 12.9. The van der Waals surface area contributed by atoms with Gasteiger partial charge in [0.2, 0.25) is 26.0 Å². The SMILES string of the molecule is O=C(NCc1ccc(S(=O)(=O)N2CCOCC2)cc1)C1CCCN(S(=O)(=O)c2ccccc2)C1. The number of nitrogens with zero attached hydrogens (tertiary/aromatic N) is 2. The van der Waals surface area contributed by atoms with Gasteiger partial charge in [-0.15, -0.1) is 0 Å². The molecule has 9 nitrogen and oxygen atoms in total. The molecule has 2 fully saturated rings. The summed E-state index contributed by atoms with van der Waals surface area (Å²) < 4.78 is 59.3. The predicted molar refractivity (Wildman–Crippen MR) is 126 cm³/mol. The normalized spacial score (nSPS) is 20.6. The number of amides is 1. The molecule has 1 N–H and O–H groups in total. The number of hydrogen-bond donors (Lipinski definition) is 1. The predicted octanol–water partition coefficient (Wildman–Crippen LogP) is 1.42. The van der Waals surface area contributed by atoms with E-state index in [4.69, 9.17) is 4.74 Å². The van der Waals surface area contributed by atoms with E-state index in [1.54, 1.807) is 54.6 Å². The molecule has 0 saturated carbocycles. The zero-order chi connectivity index (χ0) is 24.2. The van der Waals surface area contributed by atoms with Gasteiger partial charge in [0.1, 0.15) is 0 Å². The smallest absolute Gasteiger partial charge is 0.243 e. The molecule has 1 amide bonds. The van der Waals surface area contributed by atoms with Gasteiger partial charge in [-0.3, -0.25) is 4.79 Å². The molecule has 2 saturated heterocycles. The van der Waals surface area contributed by atoms with E-state index in [-0.39, 0.29) is 28.8 Å². The maximum atomic E-state index is 12.9. The van der Waals surface area contributed by atoms with Gasteiger partial charge in [0.05, 0.1) is 28.9 Å². The van der Waals surface area contributed by atoms with E-state index in [2.05, 4.69) is 5.32 Å². The van der Waals surface area contributed by atoms with Crippen molar-refractivity contribution in [1.82, 2.24) is 13.9 Å². The van der Waals surface area contributed by atoms with Crippen molar-refractivity contribution in [1.29, 1.82) is 0 Å². The molecule has 184 valence electrons. The van der Waals surface area contributed by atoms with E-state index in [1.807, 2.05) is 0 Å². The van der Waals surface area contributed by atoms with Gasteiger partial charge < -0.3 is 10.1 Å². The molecule has 34 heavy (non-hydrogen) atoms. The number of piperidine rings is 1. The van der Waals surface area contributed by atoms with Crippen LogP contribution in [0, 0.1) is 5.92 Å². The van der Waals surface area contributed by atoms with Crippen molar-refractivity contribution in [3.8, 4) is 0 Å². The molecule has 2 aromatic carbocycles. The lowest BCUT2D eigenvalue weighted by Crippen LogP contribution is -2.45. The number of sulfonamides is 2. The van der Waals surface area contributed by atoms with Crippen LogP contribution in [0.15, 0.2) is 64.4 Å². The highest BCUT2D eigenvalue weighted by molar-refractivity contribution is 7.89. The van der Waals surface area contributed by atoms with Crippen molar-refractivity contribution in [3.63, 3.8) is 0 Å². The molecule has 2 aromatic rings. The summed E-state index contributed by atoms with van der Waals surface area (Å²) in [6.07, 6.45) is 1.22. The molecule has 0 spiro atoms. The van der Waals surface area contributed by atoms with Crippen LogP contribution in [0.5, 0.6) is 0 Å². The Labute approximate surface area is 200 Å². The Balaban J connectivity index is 1.34. The molecular weight excluding hydrogens is 478 g/mol. The fraction of sp³-hybridized carbons (Fsp3) is 0.435. The highest BCUT2D eigenvalue weighted by Gasteiger charge is 2.33. The molecule has 0 bridgehead atoms. The molecule has 2 aliphatic rings. The largest absolute Gasteiger partial charge is 0.379 e. The highest BCUT2D eigenvalue weighted by Crippen LogP contribution is 2.24. The maximum Gasteiger partial charge on any atom is 0.243 e. The summed E-state index contributed by atoms with van der Waals surface area (Å²) in [7, 11) is -7.21. The fourth-order valence-electron chi connectivity index (χ4n) is 4.17. The molecule has 0 aliphatic carbocycles. The van der Waals surface area contributed by atoms with Crippen LogP contribution in [-0.2, 0) is 36.1 Å². The van der Waals surface area contributed by atoms with E-state index in [9.17, 15) is 21.6 Å². The topological polar surface area (TPSA) is 113 Å². The Morgan fingerprint density at radius 2 is 1.47 bits per heavy atom. The second-order valence-electron chi connectivity index (χ2n) is 8.39. The zero-order valence-corrected chi connectivity index (χ0v) is 20.4. The Kier molecular flexibility index (Phi) is 7.68. The van der Waals surface area contributed by atoms with Gasteiger partial charge in [0.15, 0.2) is 0 Å². The Morgan fingerprint density at radius 3 is 2.15 bits per heavy atom. The summed E-state index contributed by atoms with van der Waals surface area (Å²) in [5.41, 5.74) is 0.763. The minimum Gasteiger partial charge on any atom is -0.379 e. The van der Waals surface area contributed by atoms with Crippen LogP contribution in [0.25, 0.3) is 0 Å². The first-order valence-electron chi connectivity index (χ1n) is 11.3. The van der Waals surface area contributed by atoms with Crippen LogP contribution in [0.1, 0.15) is 18.4 Å². The number of carbonyl (C=O) groups is 1. The average Bonchev–Trinajstić information content (AvgIpc) is 2.88. The summed E-state index contributed by atoms with van der Waals surface area (Å²) in [5, 5.41) is 2.87. The first-order chi connectivity index (χ1) is 16.3. The van der Waals surface area contributed by atoms with E-state index in [1.165, 1.54) is 8.61 Å². The van der Waals surface area contributed by atoms with Gasteiger partial charge in [-0.2, -0.15) is 8.61 Å². The third-order valence-corrected chi connectivity index (χ3v) is 9.93. The van der Waals surface area contributed by atoms with Crippen LogP contribution in [0.4, 0.5) is 0 Å². The molecule has 2 heterocycles. The first kappa shape index (κ1) is 24.8. The minimum absolute atomic E-state index is 0.139. The second-order valence-corrected chi connectivity index (χ2v) is 12.3. The monoisotopic (exact) mass is 507 g/mol. The van der Waals surface area contributed by atoms with E-state index >= 15 is 0 Å². The van der Waals surface area contributed by atoms with Gasteiger partial charge in [0.25, 0.3) is 0 Å². The molecule has 0 radical (unpaired) electrons. The average molecular weight is 508 g/mol. The number of hydrogen-bond acceptors (Lipinski definition) is 6. The van der Waals surface area contributed by atoms with Crippen molar-refractivity contribution in [3.05, 3.63) is 60.2 Å². The van der Waals surface area contributed by atoms with E-state index in [0.29, 0.717) is 45.7 Å². The van der Waals surface area contributed by atoms with Gasteiger partial charge in [-0.25, -0.2) is 16.8 Å². The Hall–Kier alpha value is -2.31. The number of rotatable bonds is 7. The standard InChI is InChI=1S/C23H29N3O6S2/c27-23(20-5-4-12-26(18-20)34(30,31)21-6-2-1-3-7-21)24-17-19-8-10-22(11-9-19)33(28,29)25-13-15-32-16-14-25/h1-3,6-11,20H,4-5,12-18H2,(H,24,27). The fourth-order valence-corrected chi connectivity index (χ4v) is 7.12. The molecule has 2 aliphatic heterocycles. The van der Waals surface area contributed by atoms with Crippen LogP contribution >= 0.6 is 0 Å². The quantitative estimate of drug-likeness (QED) is 0.607. The van der Waals surface area contributed by atoms with Crippen molar-refractivity contribution < 1.29 is 26.4 Å². The molecule has 4 rings (SSSR count). The number of morpholine rings is 1. The van der Waals surface area contributed by atoms with Crippen LogP contribution in [0.2, 0.25) is 0 Å². The minimum atomic E-state index is -3.64. The molecule has 0 aromatic heterocycles. The highest BCUT2D eigenvalue weighted by atomic mass is 32.2. The van der Waals surface area contributed by atoms with Crippen molar-refractivity contribution in [2.24, 2.45) is 5.92 Å². The lowest BCUT2D eigenvalue weighted by molar-refractivity contribution is -0.126. The lowest BCUT2D eigenvalue weighted by atomic mass is 9.99. The van der Waals surface area contributed by atoms with Crippen LogP contribution in [-0.4, -0.2) is 70.7 Å². The summed E-state index contributed by atoms with van der Waals surface area (Å²) >= 11 is 0. The number of nitrogens with one attached hydrogen (secondary N) is 1. The van der Waals surface area contributed by atoms with E-state index in [0.717, 1.165) is 5.56 Å². The molecule has 1 unspecified atom stereocenters. The van der Waals surface area contributed by atoms with Gasteiger partial charge in [-0.1, -0.05) is 30.3 Å². The van der Waals surface area contributed by atoms with Crippen molar-refractivity contribution in [2.45, 2.75) is 29.2 Å². The van der Waals surface area contributed by atoms with Gasteiger partial charge in [0, 0.05) is 32.7 Å². The van der Waals surface area contributed by atoms with Crippen molar-refractivity contribution in [2.75, 3.05) is 39.4 Å². The third-order valence-electron chi connectivity index (χ3n) is 6.13. The molecular formula is C23H29N3O6S2. The van der Waals surface area contributed by atoms with Crippen LogP contribution < -0.4 is 5.32 Å². The Morgan fingerprint density at radius 1 is 0.853 bits per heavy atom. The summed E-state index contributed by atoms with van der Waals surface area (Å²) in [4.78, 5) is 13.2. The third kappa shape index (κ3) is 5.49. The molecule has 1 atom stereocenters. The Bertz CT molecular complexity index is 1200. The molecule has 11 heteroatoms. The van der Waals surface area contributed by atoms with E-state index < -0.39 is 26.0 Å². The second kappa shape index (κ2) is 10.5. The van der Waals surface area contributed by atoms with Gasteiger partial charge >= 0.3 is 0 Å². The summed E-state index contributed by atoms with van der Waals surface area (Å²) in [6.45, 7) is 2.19.